The second kappa shape index (κ2) is 4.55. The van der Waals surface area contributed by atoms with Crippen LogP contribution in [-0.4, -0.2) is 16.0 Å². The third kappa shape index (κ3) is 1.81. The quantitative estimate of drug-likeness (QED) is 0.728. The number of benzene rings is 2. The van der Waals surface area contributed by atoms with E-state index in [-0.39, 0.29) is 5.78 Å². The van der Waals surface area contributed by atoms with Crippen LogP contribution in [0.5, 0.6) is 0 Å². The van der Waals surface area contributed by atoms with Gasteiger partial charge in [-0.2, -0.15) is 5.10 Å². The molecule has 0 amide bonds. The molecule has 0 saturated carbocycles. The Hall–Kier alpha value is -2.42. The summed E-state index contributed by atoms with van der Waals surface area (Å²) in [4.78, 5) is 12.1. The number of carbonyl (C=O) groups is 1. The number of aromatic amines is 1. The summed E-state index contributed by atoms with van der Waals surface area (Å²) in [6.07, 6.45) is 4.47. The predicted octanol–water partition coefficient (Wildman–Crippen LogP) is 4.06. The van der Waals surface area contributed by atoms with Crippen molar-refractivity contribution >= 4 is 16.7 Å². The van der Waals surface area contributed by atoms with Crippen molar-refractivity contribution in [1.29, 1.82) is 0 Å². The fourth-order valence-electron chi connectivity index (χ4n) is 3.40. The average molecular weight is 276 g/mol. The standard InChI is InChI=1S/C18H16N2O/c1-11-8-9-16-15(10-19-20-16)18(11)14-6-2-5-13-12(14)4-3-7-17(13)21/h2,5-6,8-10H,3-4,7H2,1H3,(H,19,20). The van der Waals surface area contributed by atoms with Crippen LogP contribution in [0.15, 0.2) is 36.5 Å². The van der Waals surface area contributed by atoms with Gasteiger partial charge in [0, 0.05) is 17.4 Å². The highest BCUT2D eigenvalue weighted by molar-refractivity contribution is 6.03. The summed E-state index contributed by atoms with van der Waals surface area (Å²) in [6.45, 7) is 2.12. The number of nitrogens with zero attached hydrogens (tertiary/aromatic N) is 1. The minimum Gasteiger partial charge on any atom is -0.294 e. The van der Waals surface area contributed by atoms with Crippen molar-refractivity contribution in [3.63, 3.8) is 0 Å². The maximum atomic E-state index is 12.1. The lowest BCUT2D eigenvalue weighted by Gasteiger charge is -2.20. The van der Waals surface area contributed by atoms with Crippen LogP contribution < -0.4 is 0 Å². The molecule has 0 spiro atoms. The van der Waals surface area contributed by atoms with E-state index >= 15 is 0 Å². The minimum atomic E-state index is 0.273. The van der Waals surface area contributed by atoms with Crippen molar-refractivity contribution in [3.05, 3.63) is 53.2 Å². The van der Waals surface area contributed by atoms with Crippen LogP contribution in [0.25, 0.3) is 22.0 Å². The van der Waals surface area contributed by atoms with E-state index in [1.807, 2.05) is 18.3 Å². The molecule has 21 heavy (non-hydrogen) atoms. The van der Waals surface area contributed by atoms with Crippen LogP contribution in [0.1, 0.15) is 34.3 Å². The zero-order valence-corrected chi connectivity index (χ0v) is 11.9. The van der Waals surface area contributed by atoms with Gasteiger partial charge in [-0.3, -0.25) is 9.89 Å². The van der Waals surface area contributed by atoms with Gasteiger partial charge < -0.3 is 0 Å². The predicted molar refractivity (Wildman–Crippen MR) is 83.5 cm³/mol. The van der Waals surface area contributed by atoms with Gasteiger partial charge in [0.25, 0.3) is 0 Å². The van der Waals surface area contributed by atoms with Crippen molar-refractivity contribution in [1.82, 2.24) is 10.2 Å². The summed E-state index contributed by atoms with van der Waals surface area (Å²) in [7, 11) is 0. The van der Waals surface area contributed by atoms with Crippen LogP contribution in [0.4, 0.5) is 0 Å². The van der Waals surface area contributed by atoms with Gasteiger partial charge in [0.1, 0.15) is 0 Å². The summed E-state index contributed by atoms with van der Waals surface area (Å²) in [5.74, 6) is 0.273. The smallest absolute Gasteiger partial charge is 0.163 e. The molecule has 1 aliphatic rings. The van der Waals surface area contributed by atoms with Crippen molar-refractivity contribution in [3.8, 4) is 11.1 Å². The third-order valence-corrected chi connectivity index (χ3v) is 4.41. The fraction of sp³-hybridized carbons (Fsp3) is 0.222. The molecular formula is C18H16N2O. The molecule has 0 saturated heterocycles. The SMILES string of the molecule is Cc1ccc2[nH]ncc2c1-c1cccc2c1CCCC2=O. The molecule has 3 nitrogen and oxygen atoms in total. The molecule has 0 fully saturated rings. The number of ketones is 1. The van der Waals surface area contributed by atoms with Crippen molar-refractivity contribution in [2.75, 3.05) is 0 Å². The van der Waals surface area contributed by atoms with Crippen LogP contribution in [0.2, 0.25) is 0 Å². The van der Waals surface area contributed by atoms with E-state index in [2.05, 4.69) is 35.3 Å². The van der Waals surface area contributed by atoms with Crippen LogP contribution in [-0.2, 0) is 6.42 Å². The number of nitrogens with one attached hydrogen (secondary N) is 1. The van der Waals surface area contributed by atoms with Crippen LogP contribution in [0.3, 0.4) is 0 Å². The maximum absolute atomic E-state index is 12.1. The number of hydrogen-bond acceptors (Lipinski definition) is 2. The lowest BCUT2D eigenvalue weighted by atomic mass is 9.83. The lowest BCUT2D eigenvalue weighted by Crippen LogP contribution is -2.11. The number of rotatable bonds is 1. The highest BCUT2D eigenvalue weighted by Crippen LogP contribution is 2.37. The molecule has 2 aromatic carbocycles. The molecule has 3 aromatic rings. The van der Waals surface area contributed by atoms with Gasteiger partial charge in [-0.1, -0.05) is 24.3 Å². The summed E-state index contributed by atoms with van der Waals surface area (Å²) in [5.41, 5.74) is 6.74. The molecule has 1 aromatic heterocycles. The number of aromatic nitrogens is 2. The van der Waals surface area contributed by atoms with E-state index in [0.717, 1.165) is 29.3 Å². The van der Waals surface area contributed by atoms with Crippen molar-refractivity contribution in [2.24, 2.45) is 0 Å². The highest BCUT2D eigenvalue weighted by Gasteiger charge is 2.21. The molecule has 0 bridgehead atoms. The Morgan fingerprint density at radius 2 is 1.95 bits per heavy atom. The van der Waals surface area contributed by atoms with Gasteiger partial charge in [0.05, 0.1) is 11.7 Å². The Morgan fingerprint density at radius 1 is 1.10 bits per heavy atom. The Morgan fingerprint density at radius 3 is 2.86 bits per heavy atom. The Kier molecular flexibility index (Phi) is 2.67. The van der Waals surface area contributed by atoms with Gasteiger partial charge >= 0.3 is 0 Å². The van der Waals surface area contributed by atoms with Crippen LogP contribution in [0, 0.1) is 6.92 Å². The molecule has 4 rings (SSSR count). The van der Waals surface area contributed by atoms with E-state index in [1.165, 1.54) is 22.3 Å². The van der Waals surface area contributed by atoms with Crippen molar-refractivity contribution < 1.29 is 4.79 Å². The largest absolute Gasteiger partial charge is 0.294 e. The molecule has 1 aliphatic carbocycles. The van der Waals surface area contributed by atoms with E-state index in [0.29, 0.717) is 6.42 Å². The lowest BCUT2D eigenvalue weighted by molar-refractivity contribution is 0.0972. The van der Waals surface area contributed by atoms with Crippen molar-refractivity contribution in [2.45, 2.75) is 26.2 Å². The molecule has 104 valence electrons. The van der Waals surface area contributed by atoms with E-state index in [9.17, 15) is 4.79 Å². The molecule has 0 unspecified atom stereocenters. The zero-order chi connectivity index (χ0) is 14.4. The van der Waals surface area contributed by atoms with Gasteiger partial charge in [-0.15, -0.1) is 0 Å². The Labute approximate surface area is 123 Å². The minimum absolute atomic E-state index is 0.273. The Balaban J connectivity index is 2.06. The molecule has 1 heterocycles. The first kappa shape index (κ1) is 12.3. The number of H-pyrrole nitrogens is 1. The second-order valence-electron chi connectivity index (χ2n) is 5.70. The molecule has 3 heteroatoms. The molecule has 0 atom stereocenters. The highest BCUT2D eigenvalue weighted by atomic mass is 16.1. The summed E-state index contributed by atoms with van der Waals surface area (Å²) in [6, 6.07) is 10.3. The van der Waals surface area contributed by atoms with Gasteiger partial charge in [-0.05, 0) is 48.1 Å². The topological polar surface area (TPSA) is 45.8 Å². The van der Waals surface area contributed by atoms with Gasteiger partial charge in [0.2, 0.25) is 0 Å². The number of fused-ring (bicyclic) bond motifs is 2. The number of Topliss-reactive ketones (excluding diaryl/α,β-unsaturated/α-hetero) is 1. The summed E-state index contributed by atoms with van der Waals surface area (Å²) < 4.78 is 0. The second-order valence-corrected chi connectivity index (χ2v) is 5.70. The van der Waals surface area contributed by atoms with E-state index in [1.54, 1.807) is 0 Å². The summed E-state index contributed by atoms with van der Waals surface area (Å²) >= 11 is 0. The first-order chi connectivity index (χ1) is 10.3. The van der Waals surface area contributed by atoms with Gasteiger partial charge in [-0.25, -0.2) is 0 Å². The average Bonchev–Trinajstić information content (AvgIpc) is 2.96. The first-order valence-corrected chi connectivity index (χ1v) is 7.34. The van der Waals surface area contributed by atoms with E-state index < -0.39 is 0 Å². The fourth-order valence-corrected chi connectivity index (χ4v) is 3.40. The van der Waals surface area contributed by atoms with Gasteiger partial charge in [0.15, 0.2) is 5.78 Å². The van der Waals surface area contributed by atoms with Crippen LogP contribution >= 0.6 is 0 Å². The molecular weight excluding hydrogens is 260 g/mol. The summed E-state index contributed by atoms with van der Waals surface area (Å²) in [5, 5.41) is 8.32. The molecule has 0 radical (unpaired) electrons. The zero-order valence-electron chi connectivity index (χ0n) is 11.9. The Bertz CT molecular complexity index is 861. The number of hydrogen-bond donors (Lipinski definition) is 1. The third-order valence-electron chi connectivity index (χ3n) is 4.41. The molecule has 0 aliphatic heterocycles. The normalized spacial score (nSPS) is 14.4. The first-order valence-electron chi connectivity index (χ1n) is 7.34. The van der Waals surface area contributed by atoms with E-state index in [4.69, 9.17) is 0 Å². The monoisotopic (exact) mass is 276 g/mol. The number of aryl methyl sites for hydroxylation is 1. The number of carbonyl (C=O) groups excluding carboxylic acids is 1. The maximum Gasteiger partial charge on any atom is 0.163 e. The molecule has 1 N–H and O–H groups in total.